The molecule has 1 rings (SSSR count). The maximum Gasteiger partial charge on any atom is 0.237 e. The molecule has 3 N–H and O–H groups in total. The number of likely N-dealkylation sites (tertiary alicyclic amines) is 1. The van der Waals surface area contributed by atoms with E-state index in [0.717, 1.165) is 19.5 Å². The summed E-state index contributed by atoms with van der Waals surface area (Å²) in [4.78, 5) is 14.1. The van der Waals surface area contributed by atoms with Crippen LogP contribution in [-0.2, 0) is 4.79 Å². The normalized spacial score (nSPS) is 25.8. The summed E-state index contributed by atoms with van der Waals surface area (Å²) < 4.78 is 0. The van der Waals surface area contributed by atoms with E-state index in [-0.39, 0.29) is 24.0 Å². The first-order valence-electron chi connectivity index (χ1n) is 6.21. The molecule has 0 saturated carbocycles. The van der Waals surface area contributed by atoms with Crippen molar-refractivity contribution in [2.24, 2.45) is 11.7 Å². The number of amides is 1. The molecular weight excluding hydrogens is 202 g/mol. The van der Waals surface area contributed by atoms with Gasteiger partial charge in [-0.2, -0.15) is 0 Å². The van der Waals surface area contributed by atoms with E-state index in [1.165, 1.54) is 0 Å². The third kappa shape index (κ3) is 3.46. The minimum atomic E-state index is -0.0360. The standard InChI is InChI=1S/C12H25N3O/c1-8(2)14-12(16)10(4)15-6-5-11(7-15)9(3)13/h8-11H,5-7,13H2,1-4H3,(H,14,16). The number of nitrogens with zero attached hydrogens (tertiary/aromatic N) is 1. The fourth-order valence-electron chi connectivity index (χ4n) is 2.17. The quantitative estimate of drug-likeness (QED) is 0.738. The van der Waals surface area contributed by atoms with Gasteiger partial charge in [-0.25, -0.2) is 0 Å². The Morgan fingerprint density at radius 3 is 2.44 bits per heavy atom. The van der Waals surface area contributed by atoms with E-state index < -0.39 is 0 Å². The van der Waals surface area contributed by atoms with Crippen molar-refractivity contribution in [3.63, 3.8) is 0 Å². The summed E-state index contributed by atoms with van der Waals surface area (Å²) in [6.07, 6.45) is 1.11. The summed E-state index contributed by atoms with van der Waals surface area (Å²) in [5.41, 5.74) is 5.89. The number of hydrogen-bond donors (Lipinski definition) is 2. The highest BCUT2D eigenvalue weighted by atomic mass is 16.2. The van der Waals surface area contributed by atoms with Crippen LogP contribution in [0, 0.1) is 5.92 Å². The number of carbonyl (C=O) groups excluding carboxylic acids is 1. The Kier molecular flexibility index (Phi) is 4.74. The van der Waals surface area contributed by atoms with Crippen LogP contribution in [0.4, 0.5) is 0 Å². The molecule has 0 spiro atoms. The van der Waals surface area contributed by atoms with Gasteiger partial charge in [-0.1, -0.05) is 0 Å². The van der Waals surface area contributed by atoms with E-state index in [2.05, 4.69) is 10.2 Å². The summed E-state index contributed by atoms with van der Waals surface area (Å²) in [6.45, 7) is 9.93. The second-order valence-corrected chi connectivity index (χ2v) is 5.24. The lowest BCUT2D eigenvalue weighted by atomic mass is 10.0. The molecule has 4 heteroatoms. The molecule has 1 heterocycles. The highest BCUT2D eigenvalue weighted by Crippen LogP contribution is 2.20. The van der Waals surface area contributed by atoms with Crippen LogP contribution in [0.15, 0.2) is 0 Å². The van der Waals surface area contributed by atoms with Crippen molar-refractivity contribution in [3.05, 3.63) is 0 Å². The molecule has 1 aliphatic heterocycles. The van der Waals surface area contributed by atoms with Crippen LogP contribution in [0.2, 0.25) is 0 Å². The third-order valence-electron chi connectivity index (χ3n) is 3.36. The van der Waals surface area contributed by atoms with Crippen LogP contribution in [-0.4, -0.2) is 42.0 Å². The Hall–Kier alpha value is -0.610. The lowest BCUT2D eigenvalue weighted by molar-refractivity contribution is -0.126. The van der Waals surface area contributed by atoms with Gasteiger partial charge >= 0.3 is 0 Å². The van der Waals surface area contributed by atoms with Gasteiger partial charge in [-0.15, -0.1) is 0 Å². The molecule has 0 aliphatic carbocycles. The van der Waals surface area contributed by atoms with E-state index in [0.29, 0.717) is 5.92 Å². The predicted octanol–water partition coefficient (Wildman–Crippen LogP) is 0.569. The van der Waals surface area contributed by atoms with Crippen LogP contribution in [0.3, 0.4) is 0 Å². The monoisotopic (exact) mass is 227 g/mol. The number of carbonyl (C=O) groups is 1. The number of nitrogens with two attached hydrogens (primary N) is 1. The first kappa shape index (κ1) is 13.5. The first-order chi connectivity index (χ1) is 7.41. The number of rotatable bonds is 4. The lowest BCUT2D eigenvalue weighted by Crippen LogP contribution is -2.46. The molecule has 1 amide bonds. The number of hydrogen-bond acceptors (Lipinski definition) is 3. The van der Waals surface area contributed by atoms with Gasteiger partial charge in [0.2, 0.25) is 5.91 Å². The van der Waals surface area contributed by atoms with Crippen molar-refractivity contribution >= 4 is 5.91 Å². The predicted molar refractivity (Wildman–Crippen MR) is 66.1 cm³/mol. The second-order valence-electron chi connectivity index (χ2n) is 5.24. The van der Waals surface area contributed by atoms with E-state index in [1.54, 1.807) is 0 Å². The summed E-state index contributed by atoms with van der Waals surface area (Å²) in [7, 11) is 0. The van der Waals surface area contributed by atoms with E-state index in [1.807, 2.05) is 27.7 Å². The van der Waals surface area contributed by atoms with Crippen molar-refractivity contribution in [3.8, 4) is 0 Å². The molecule has 1 fully saturated rings. The Bertz CT molecular complexity index is 240. The highest BCUT2D eigenvalue weighted by molar-refractivity contribution is 5.81. The molecule has 0 radical (unpaired) electrons. The summed E-state index contributed by atoms with van der Waals surface area (Å²) in [5.74, 6) is 0.662. The minimum absolute atomic E-state index is 0.0360. The number of nitrogens with one attached hydrogen (secondary N) is 1. The molecule has 4 nitrogen and oxygen atoms in total. The largest absolute Gasteiger partial charge is 0.353 e. The van der Waals surface area contributed by atoms with Gasteiger partial charge in [0.05, 0.1) is 6.04 Å². The molecule has 0 aromatic carbocycles. The van der Waals surface area contributed by atoms with Gasteiger partial charge < -0.3 is 11.1 Å². The molecule has 3 atom stereocenters. The molecule has 0 bridgehead atoms. The fraction of sp³-hybridized carbons (Fsp3) is 0.917. The summed E-state index contributed by atoms with van der Waals surface area (Å²) in [6, 6.07) is 0.401. The average molecular weight is 227 g/mol. The molecule has 1 aliphatic rings. The Morgan fingerprint density at radius 2 is 2.00 bits per heavy atom. The van der Waals surface area contributed by atoms with Crippen molar-refractivity contribution in [1.82, 2.24) is 10.2 Å². The van der Waals surface area contributed by atoms with Crippen LogP contribution in [0.1, 0.15) is 34.1 Å². The second kappa shape index (κ2) is 5.64. The van der Waals surface area contributed by atoms with E-state index in [9.17, 15) is 4.79 Å². The van der Waals surface area contributed by atoms with Gasteiger partial charge in [0.1, 0.15) is 0 Å². The van der Waals surface area contributed by atoms with E-state index in [4.69, 9.17) is 5.73 Å². The maximum atomic E-state index is 11.8. The van der Waals surface area contributed by atoms with Crippen LogP contribution >= 0.6 is 0 Å². The molecule has 0 aromatic rings. The van der Waals surface area contributed by atoms with Crippen LogP contribution in [0.25, 0.3) is 0 Å². The minimum Gasteiger partial charge on any atom is -0.353 e. The van der Waals surface area contributed by atoms with Crippen molar-refractivity contribution in [2.45, 2.75) is 52.2 Å². The van der Waals surface area contributed by atoms with Gasteiger partial charge in [-0.05, 0) is 46.6 Å². The summed E-state index contributed by atoms with van der Waals surface area (Å²) in [5, 5.41) is 2.95. The average Bonchev–Trinajstić information content (AvgIpc) is 2.64. The molecule has 0 aromatic heterocycles. The Balaban J connectivity index is 2.44. The van der Waals surface area contributed by atoms with Crippen molar-refractivity contribution in [1.29, 1.82) is 0 Å². The molecule has 16 heavy (non-hydrogen) atoms. The summed E-state index contributed by atoms with van der Waals surface area (Å²) >= 11 is 0. The maximum absolute atomic E-state index is 11.8. The van der Waals surface area contributed by atoms with Gasteiger partial charge in [0.15, 0.2) is 0 Å². The Morgan fingerprint density at radius 1 is 1.38 bits per heavy atom. The van der Waals surface area contributed by atoms with Crippen LogP contribution in [0.5, 0.6) is 0 Å². The molecular formula is C12H25N3O. The van der Waals surface area contributed by atoms with Gasteiger partial charge in [0.25, 0.3) is 0 Å². The zero-order valence-corrected chi connectivity index (χ0v) is 10.9. The Labute approximate surface area is 98.6 Å². The first-order valence-corrected chi connectivity index (χ1v) is 6.21. The zero-order chi connectivity index (χ0) is 12.3. The van der Waals surface area contributed by atoms with Gasteiger partial charge in [-0.3, -0.25) is 9.69 Å². The van der Waals surface area contributed by atoms with Gasteiger partial charge in [0, 0.05) is 18.6 Å². The zero-order valence-electron chi connectivity index (χ0n) is 10.9. The molecule has 1 saturated heterocycles. The van der Waals surface area contributed by atoms with Crippen molar-refractivity contribution < 1.29 is 4.79 Å². The SMILES string of the molecule is CC(C)NC(=O)C(C)N1CCC(C(C)N)C1. The van der Waals surface area contributed by atoms with Crippen LogP contribution < -0.4 is 11.1 Å². The lowest BCUT2D eigenvalue weighted by Gasteiger charge is -2.25. The highest BCUT2D eigenvalue weighted by Gasteiger charge is 2.31. The topological polar surface area (TPSA) is 58.4 Å². The fourth-order valence-corrected chi connectivity index (χ4v) is 2.17. The van der Waals surface area contributed by atoms with Crippen molar-refractivity contribution in [2.75, 3.05) is 13.1 Å². The third-order valence-corrected chi connectivity index (χ3v) is 3.36. The van der Waals surface area contributed by atoms with E-state index >= 15 is 0 Å². The smallest absolute Gasteiger partial charge is 0.237 e. The molecule has 94 valence electrons. The molecule has 3 unspecified atom stereocenters.